The van der Waals surface area contributed by atoms with E-state index in [0.717, 1.165) is 42.4 Å². The van der Waals surface area contributed by atoms with Gasteiger partial charge in [-0.05, 0) is 75.4 Å². The lowest BCUT2D eigenvalue weighted by Crippen LogP contribution is -2.28. The van der Waals surface area contributed by atoms with E-state index in [-0.39, 0.29) is 18.3 Å². The second kappa shape index (κ2) is 8.64. The molecule has 0 radical (unpaired) electrons. The molecule has 0 spiro atoms. The number of aromatic nitrogens is 3. The molecule has 1 aliphatic heterocycles. The van der Waals surface area contributed by atoms with Crippen molar-refractivity contribution in [2.24, 2.45) is 5.92 Å². The van der Waals surface area contributed by atoms with Gasteiger partial charge in [0.05, 0.1) is 0 Å². The summed E-state index contributed by atoms with van der Waals surface area (Å²) in [5.41, 5.74) is 1.80. The molecule has 7 heteroatoms. The van der Waals surface area contributed by atoms with E-state index in [2.05, 4.69) is 25.8 Å². The van der Waals surface area contributed by atoms with Crippen LogP contribution in [0.15, 0.2) is 24.3 Å². The fourth-order valence-corrected chi connectivity index (χ4v) is 3.37. The molecule has 2 aliphatic rings. The Labute approximate surface area is 160 Å². The third-order valence-electron chi connectivity index (χ3n) is 5.13. The maximum atomic E-state index is 12.1. The maximum Gasteiger partial charge on any atom is 0.224 e. The molecule has 2 fully saturated rings. The van der Waals surface area contributed by atoms with Crippen LogP contribution in [0.25, 0.3) is 11.4 Å². The molecule has 0 bridgehead atoms. The molecule has 6 nitrogen and oxygen atoms in total. The Bertz CT molecular complexity index is 720. The molecule has 1 aromatic carbocycles. The summed E-state index contributed by atoms with van der Waals surface area (Å²) in [4.78, 5) is 16.7. The first-order valence-electron chi connectivity index (χ1n) is 9.31. The third kappa shape index (κ3) is 4.83. The number of benzene rings is 1. The second-order valence-electron chi connectivity index (χ2n) is 7.18. The molecule has 1 saturated heterocycles. The zero-order valence-corrected chi connectivity index (χ0v) is 15.6. The van der Waals surface area contributed by atoms with Crippen LogP contribution in [0.4, 0.5) is 5.69 Å². The van der Waals surface area contributed by atoms with Crippen molar-refractivity contribution < 1.29 is 4.79 Å². The molecule has 1 amide bonds. The van der Waals surface area contributed by atoms with Crippen LogP contribution in [0.3, 0.4) is 0 Å². The Morgan fingerprint density at radius 3 is 2.54 bits per heavy atom. The smallest absolute Gasteiger partial charge is 0.224 e. The van der Waals surface area contributed by atoms with Gasteiger partial charge in [-0.25, -0.2) is 4.98 Å². The number of hydrogen-bond acceptors (Lipinski definition) is 4. The summed E-state index contributed by atoms with van der Waals surface area (Å²) >= 11 is 0. The van der Waals surface area contributed by atoms with Crippen LogP contribution >= 0.6 is 12.4 Å². The molecule has 2 heterocycles. The highest BCUT2D eigenvalue weighted by Crippen LogP contribution is 2.38. The minimum atomic E-state index is 0. The normalized spacial score (nSPS) is 17.5. The lowest BCUT2D eigenvalue weighted by Gasteiger charge is -2.22. The minimum absolute atomic E-state index is 0. The summed E-state index contributed by atoms with van der Waals surface area (Å²) in [6.07, 6.45) is 6.35. The minimum Gasteiger partial charge on any atom is -0.326 e. The van der Waals surface area contributed by atoms with Crippen LogP contribution in [-0.4, -0.2) is 34.2 Å². The van der Waals surface area contributed by atoms with Gasteiger partial charge in [-0.3, -0.25) is 9.89 Å². The predicted octanol–water partition coefficient (Wildman–Crippen LogP) is 3.49. The number of nitrogens with zero attached hydrogens (tertiary/aromatic N) is 2. The van der Waals surface area contributed by atoms with E-state index in [1.807, 2.05) is 24.3 Å². The highest BCUT2D eigenvalue weighted by molar-refractivity contribution is 5.90. The monoisotopic (exact) mass is 375 g/mol. The van der Waals surface area contributed by atoms with Gasteiger partial charge in [-0.1, -0.05) is 0 Å². The van der Waals surface area contributed by atoms with Crippen molar-refractivity contribution in [2.75, 3.05) is 18.4 Å². The molecule has 1 aliphatic carbocycles. The Balaban J connectivity index is 0.00000196. The van der Waals surface area contributed by atoms with Crippen molar-refractivity contribution in [3.63, 3.8) is 0 Å². The van der Waals surface area contributed by atoms with E-state index in [1.165, 1.54) is 25.7 Å². The Kier molecular flexibility index (Phi) is 6.27. The number of aromatic amines is 1. The van der Waals surface area contributed by atoms with Gasteiger partial charge < -0.3 is 10.6 Å². The average Bonchev–Trinajstić information content (AvgIpc) is 3.39. The predicted molar refractivity (Wildman–Crippen MR) is 104 cm³/mol. The number of piperidine rings is 1. The van der Waals surface area contributed by atoms with Crippen LogP contribution < -0.4 is 10.6 Å². The molecule has 4 rings (SSSR count). The molecule has 0 unspecified atom stereocenters. The fourth-order valence-electron chi connectivity index (χ4n) is 3.37. The first-order chi connectivity index (χ1) is 12.3. The van der Waals surface area contributed by atoms with E-state index >= 15 is 0 Å². The molecule has 2 aromatic rings. The van der Waals surface area contributed by atoms with Crippen LogP contribution in [0, 0.1) is 5.92 Å². The number of hydrogen-bond donors (Lipinski definition) is 3. The van der Waals surface area contributed by atoms with Crippen molar-refractivity contribution in [3.05, 3.63) is 30.1 Å². The number of H-pyrrole nitrogens is 1. The van der Waals surface area contributed by atoms with Crippen molar-refractivity contribution >= 4 is 24.0 Å². The summed E-state index contributed by atoms with van der Waals surface area (Å²) in [7, 11) is 0. The van der Waals surface area contributed by atoms with Crippen molar-refractivity contribution in [1.29, 1.82) is 0 Å². The summed E-state index contributed by atoms with van der Waals surface area (Å²) in [5.74, 6) is 3.07. The van der Waals surface area contributed by atoms with Gasteiger partial charge in [0.15, 0.2) is 5.82 Å². The first-order valence-corrected chi connectivity index (χ1v) is 9.31. The summed E-state index contributed by atoms with van der Waals surface area (Å²) in [6, 6.07) is 7.76. The van der Waals surface area contributed by atoms with E-state index < -0.39 is 0 Å². The van der Waals surface area contributed by atoms with Gasteiger partial charge in [-0.15, -0.1) is 12.4 Å². The highest BCUT2D eigenvalue weighted by Gasteiger charge is 2.27. The van der Waals surface area contributed by atoms with Gasteiger partial charge in [-0.2, -0.15) is 5.10 Å². The molecule has 3 N–H and O–H groups in total. The largest absolute Gasteiger partial charge is 0.326 e. The lowest BCUT2D eigenvalue weighted by atomic mass is 9.93. The van der Waals surface area contributed by atoms with Crippen LogP contribution in [0.1, 0.15) is 50.3 Å². The number of anilines is 1. The topological polar surface area (TPSA) is 82.7 Å². The number of carbonyl (C=O) groups excluding carboxylic acids is 1. The fraction of sp³-hybridized carbons (Fsp3) is 0.526. The van der Waals surface area contributed by atoms with Crippen LogP contribution in [0.2, 0.25) is 0 Å². The number of carbonyl (C=O) groups is 1. The number of rotatable bonds is 6. The number of halogens is 1. The average molecular weight is 376 g/mol. The molecular weight excluding hydrogens is 350 g/mol. The molecule has 1 aromatic heterocycles. The quantitative estimate of drug-likeness (QED) is 0.721. The number of nitrogens with one attached hydrogen (secondary N) is 3. The van der Waals surface area contributed by atoms with Crippen molar-refractivity contribution in [3.8, 4) is 11.4 Å². The van der Waals surface area contributed by atoms with Gasteiger partial charge in [0.1, 0.15) is 5.82 Å². The van der Waals surface area contributed by atoms with E-state index in [1.54, 1.807) is 0 Å². The Morgan fingerprint density at radius 1 is 1.12 bits per heavy atom. The van der Waals surface area contributed by atoms with E-state index in [0.29, 0.717) is 18.3 Å². The summed E-state index contributed by atoms with van der Waals surface area (Å²) < 4.78 is 0. The van der Waals surface area contributed by atoms with Gasteiger partial charge in [0.2, 0.25) is 5.91 Å². The molecule has 26 heavy (non-hydrogen) atoms. The molecular formula is C19H26ClN5O. The number of amides is 1. The maximum absolute atomic E-state index is 12.1. The standard InChI is InChI=1S/C19H25N5O.ClH/c25-17(8-1-13-9-11-20-12-10-13)21-16-6-4-15(5-7-16)19-22-18(23-24-19)14-2-3-14;/h4-7,13-14,20H,1-3,8-12H2,(H,21,25)(H,22,23,24);1H. The second-order valence-corrected chi connectivity index (χ2v) is 7.18. The van der Waals surface area contributed by atoms with Crippen LogP contribution in [0.5, 0.6) is 0 Å². The first kappa shape index (κ1) is 18.9. The van der Waals surface area contributed by atoms with Gasteiger partial charge in [0.25, 0.3) is 0 Å². The zero-order valence-electron chi connectivity index (χ0n) is 14.8. The molecule has 1 saturated carbocycles. The van der Waals surface area contributed by atoms with E-state index in [4.69, 9.17) is 0 Å². The van der Waals surface area contributed by atoms with E-state index in [9.17, 15) is 4.79 Å². The van der Waals surface area contributed by atoms with Gasteiger partial charge in [0, 0.05) is 23.6 Å². The van der Waals surface area contributed by atoms with Crippen molar-refractivity contribution in [1.82, 2.24) is 20.5 Å². The van der Waals surface area contributed by atoms with Crippen molar-refractivity contribution in [2.45, 2.75) is 44.4 Å². The van der Waals surface area contributed by atoms with Gasteiger partial charge >= 0.3 is 0 Å². The zero-order chi connectivity index (χ0) is 17.1. The molecule has 140 valence electrons. The third-order valence-corrected chi connectivity index (χ3v) is 5.13. The summed E-state index contributed by atoms with van der Waals surface area (Å²) in [6.45, 7) is 2.16. The molecule has 0 atom stereocenters. The summed E-state index contributed by atoms with van der Waals surface area (Å²) in [5, 5.41) is 13.7. The Morgan fingerprint density at radius 2 is 1.85 bits per heavy atom. The lowest BCUT2D eigenvalue weighted by molar-refractivity contribution is -0.116. The Hall–Kier alpha value is -1.92. The van der Waals surface area contributed by atoms with Crippen LogP contribution in [-0.2, 0) is 4.79 Å². The SMILES string of the molecule is Cl.O=C(CCC1CCNCC1)Nc1ccc(-c2n[nH]c(C3CC3)n2)cc1. The highest BCUT2D eigenvalue weighted by atomic mass is 35.5.